The van der Waals surface area contributed by atoms with Crippen molar-refractivity contribution in [2.75, 3.05) is 25.4 Å². The molecular weight excluding hydrogens is 268 g/mol. The van der Waals surface area contributed by atoms with E-state index in [0.29, 0.717) is 23.1 Å². The van der Waals surface area contributed by atoms with E-state index in [1.54, 1.807) is 29.2 Å². The van der Waals surface area contributed by atoms with Gasteiger partial charge in [0, 0.05) is 18.8 Å². The number of hydrogen-bond donors (Lipinski definition) is 1. The Labute approximate surface area is 125 Å². The summed E-state index contributed by atoms with van der Waals surface area (Å²) in [5.41, 5.74) is 6.54. The number of likely N-dealkylation sites (tertiary alicyclic amines) is 1. The van der Waals surface area contributed by atoms with Crippen molar-refractivity contribution in [2.24, 2.45) is 11.8 Å². The minimum Gasteiger partial charge on any atom is -0.452 e. The van der Waals surface area contributed by atoms with Crippen molar-refractivity contribution in [3.05, 3.63) is 29.8 Å². The first-order chi connectivity index (χ1) is 9.95. The Morgan fingerprint density at radius 2 is 1.76 bits per heavy atom. The Morgan fingerprint density at radius 1 is 1.19 bits per heavy atom. The van der Waals surface area contributed by atoms with Crippen molar-refractivity contribution in [1.82, 2.24) is 4.90 Å². The maximum atomic E-state index is 12.1. The molecule has 5 nitrogen and oxygen atoms in total. The molecule has 1 heterocycles. The molecule has 0 aliphatic carbocycles. The molecule has 1 fully saturated rings. The van der Waals surface area contributed by atoms with Crippen LogP contribution in [0.4, 0.5) is 5.69 Å². The zero-order valence-corrected chi connectivity index (χ0v) is 12.5. The summed E-state index contributed by atoms with van der Waals surface area (Å²) in [6.45, 7) is 5.54. The van der Waals surface area contributed by atoms with Crippen LogP contribution < -0.4 is 5.73 Å². The van der Waals surface area contributed by atoms with E-state index in [-0.39, 0.29) is 12.5 Å². The minimum atomic E-state index is -0.499. The van der Waals surface area contributed by atoms with E-state index in [4.69, 9.17) is 10.5 Å². The summed E-state index contributed by atoms with van der Waals surface area (Å²) in [7, 11) is 0. The van der Waals surface area contributed by atoms with Crippen LogP contribution in [0.2, 0.25) is 0 Å². The molecule has 0 spiro atoms. The van der Waals surface area contributed by atoms with Crippen molar-refractivity contribution in [2.45, 2.75) is 20.3 Å². The van der Waals surface area contributed by atoms with Crippen LogP contribution in [-0.4, -0.2) is 36.5 Å². The number of anilines is 1. The van der Waals surface area contributed by atoms with E-state index in [1.807, 2.05) is 0 Å². The molecule has 21 heavy (non-hydrogen) atoms. The zero-order valence-electron chi connectivity index (χ0n) is 12.5. The maximum Gasteiger partial charge on any atom is 0.338 e. The molecular formula is C16H22N2O3. The van der Waals surface area contributed by atoms with Crippen molar-refractivity contribution >= 4 is 17.6 Å². The number of nitrogens with zero attached hydrogens (tertiary/aromatic N) is 1. The van der Waals surface area contributed by atoms with Gasteiger partial charge in [-0.1, -0.05) is 13.8 Å². The highest BCUT2D eigenvalue weighted by Gasteiger charge is 2.25. The van der Waals surface area contributed by atoms with Crippen molar-refractivity contribution in [3.63, 3.8) is 0 Å². The van der Waals surface area contributed by atoms with Crippen LogP contribution in [0.5, 0.6) is 0 Å². The molecule has 0 radical (unpaired) electrons. The number of ether oxygens (including phenoxy) is 1. The van der Waals surface area contributed by atoms with Crippen LogP contribution in [0.3, 0.4) is 0 Å². The number of esters is 1. The van der Waals surface area contributed by atoms with Crippen LogP contribution in [0.1, 0.15) is 30.6 Å². The summed E-state index contributed by atoms with van der Waals surface area (Å²) in [5.74, 6) is 0.356. The number of benzene rings is 1. The molecule has 114 valence electrons. The molecule has 1 saturated heterocycles. The van der Waals surface area contributed by atoms with Crippen molar-refractivity contribution in [3.8, 4) is 0 Å². The third kappa shape index (κ3) is 4.21. The Hall–Kier alpha value is -2.04. The van der Waals surface area contributed by atoms with E-state index < -0.39 is 5.97 Å². The summed E-state index contributed by atoms with van der Waals surface area (Å²) in [6, 6.07) is 6.44. The van der Waals surface area contributed by atoms with Gasteiger partial charge in [0.25, 0.3) is 5.91 Å². The first-order valence-electron chi connectivity index (χ1n) is 7.26. The monoisotopic (exact) mass is 290 g/mol. The summed E-state index contributed by atoms with van der Waals surface area (Å²) < 4.78 is 5.08. The van der Waals surface area contributed by atoms with Gasteiger partial charge in [0.05, 0.1) is 5.56 Å². The van der Waals surface area contributed by atoms with Gasteiger partial charge >= 0.3 is 5.97 Å². The van der Waals surface area contributed by atoms with E-state index >= 15 is 0 Å². The molecule has 1 aromatic rings. The minimum absolute atomic E-state index is 0.128. The molecule has 1 amide bonds. The Morgan fingerprint density at radius 3 is 2.33 bits per heavy atom. The SMILES string of the molecule is C[C@@H]1C[C@@H](C)CN(C(=O)COC(=O)c2ccc(N)cc2)C1. The normalized spacial score (nSPS) is 21.9. The second-order valence-electron chi connectivity index (χ2n) is 5.94. The van der Waals surface area contributed by atoms with E-state index in [1.165, 1.54) is 0 Å². The average molecular weight is 290 g/mol. The van der Waals surface area contributed by atoms with Gasteiger partial charge in [-0.05, 0) is 42.5 Å². The van der Waals surface area contributed by atoms with Gasteiger partial charge in [0.1, 0.15) is 0 Å². The van der Waals surface area contributed by atoms with Crippen LogP contribution in [-0.2, 0) is 9.53 Å². The number of nitrogen functional groups attached to an aromatic ring is 1. The topological polar surface area (TPSA) is 72.6 Å². The molecule has 5 heteroatoms. The number of carbonyl (C=O) groups excluding carboxylic acids is 2. The molecule has 1 aliphatic heterocycles. The molecule has 2 rings (SSSR count). The zero-order chi connectivity index (χ0) is 15.4. The lowest BCUT2D eigenvalue weighted by molar-refractivity contribution is -0.137. The van der Waals surface area contributed by atoms with Gasteiger partial charge in [0.2, 0.25) is 0 Å². The van der Waals surface area contributed by atoms with E-state index in [9.17, 15) is 9.59 Å². The van der Waals surface area contributed by atoms with Crippen LogP contribution >= 0.6 is 0 Å². The first-order valence-corrected chi connectivity index (χ1v) is 7.26. The highest BCUT2D eigenvalue weighted by molar-refractivity contribution is 5.91. The molecule has 1 aromatic carbocycles. The fourth-order valence-electron chi connectivity index (χ4n) is 2.79. The van der Waals surface area contributed by atoms with Crippen molar-refractivity contribution in [1.29, 1.82) is 0 Å². The van der Waals surface area contributed by atoms with Crippen LogP contribution in [0, 0.1) is 11.8 Å². The summed E-state index contributed by atoms with van der Waals surface area (Å²) >= 11 is 0. The lowest BCUT2D eigenvalue weighted by Gasteiger charge is -2.34. The Balaban J connectivity index is 1.86. The third-order valence-electron chi connectivity index (χ3n) is 3.69. The van der Waals surface area contributed by atoms with Crippen molar-refractivity contribution < 1.29 is 14.3 Å². The second-order valence-corrected chi connectivity index (χ2v) is 5.94. The Bertz CT molecular complexity index is 503. The average Bonchev–Trinajstić information content (AvgIpc) is 2.44. The maximum absolute atomic E-state index is 12.1. The smallest absolute Gasteiger partial charge is 0.338 e. The van der Waals surface area contributed by atoms with E-state index in [0.717, 1.165) is 19.5 Å². The number of nitrogens with two attached hydrogens (primary N) is 1. The van der Waals surface area contributed by atoms with E-state index in [2.05, 4.69) is 13.8 Å². The molecule has 2 atom stereocenters. The Kier molecular flexibility index (Phi) is 4.83. The lowest BCUT2D eigenvalue weighted by atomic mass is 9.92. The summed E-state index contributed by atoms with van der Waals surface area (Å²) in [4.78, 5) is 25.7. The predicted molar refractivity (Wildman–Crippen MR) is 80.7 cm³/mol. The first kappa shape index (κ1) is 15.4. The highest BCUT2D eigenvalue weighted by Crippen LogP contribution is 2.21. The number of amides is 1. The molecule has 0 saturated carbocycles. The predicted octanol–water partition coefficient (Wildman–Crippen LogP) is 1.93. The molecule has 2 N–H and O–H groups in total. The number of piperidine rings is 1. The molecule has 1 aliphatic rings. The fraction of sp³-hybridized carbons (Fsp3) is 0.500. The number of carbonyl (C=O) groups is 2. The fourth-order valence-corrected chi connectivity index (χ4v) is 2.79. The van der Waals surface area contributed by atoms with Gasteiger partial charge in [0.15, 0.2) is 6.61 Å². The van der Waals surface area contributed by atoms with Gasteiger partial charge in [-0.15, -0.1) is 0 Å². The summed E-state index contributed by atoms with van der Waals surface area (Å²) in [6.07, 6.45) is 1.13. The molecule has 0 unspecified atom stereocenters. The summed E-state index contributed by atoms with van der Waals surface area (Å²) in [5, 5.41) is 0. The highest BCUT2D eigenvalue weighted by atomic mass is 16.5. The quantitative estimate of drug-likeness (QED) is 0.682. The van der Waals surface area contributed by atoms with Gasteiger partial charge in [-0.2, -0.15) is 0 Å². The van der Waals surface area contributed by atoms with Crippen LogP contribution in [0.15, 0.2) is 24.3 Å². The number of hydrogen-bond acceptors (Lipinski definition) is 4. The third-order valence-corrected chi connectivity index (χ3v) is 3.69. The second kappa shape index (κ2) is 6.61. The standard InChI is InChI=1S/C16H22N2O3/c1-11-7-12(2)9-18(8-11)15(19)10-21-16(20)13-3-5-14(17)6-4-13/h3-6,11-12H,7-10,17H2,1-2H3/t11-,12-/m1/s1. The lowest BCUT2D eigenvalue weighted by Crippen LogP contribution is -2.44. The number of rotatable bonds is 3. The van der Waals surface area contributed by atoms with Gasteiger partial charge in [-0.3, -0.25) is 4.79 Å². The van der Waals surface area contributed by atoms with Gasteiger partial charge < -0.3 is 15.4 Å². The van der Waals surface area contributed by atoms with Crippen LogP contribution in [0.25, 0.3) is 0 Å². The molecule has 0 bridgehead atoms. The largest absolute Gasteiger partial charge is 0.452 e. The molecule has 0 aromatic heterocycles. The van der Waals surface area contributed by atoms with Gasteiger partial charge in [-0.25, -0.2) is 4.79 Å².